The number of rotatable bonds is 5. The van der Waals surface area contributed by atoms with Gasteiger partial charge in [0.15, 0.2) is 5.75 Å². The number of halogens is 3. The number of anilines is 1. The summed E-state index contributed by atoms with van der Waals surface area (Å²) in [5.41, 5.74) is 0.771. The van der Waals surface area contributed by atoms with Gasteiger partial charge in [-0.2, -0.15) is 0 Å². The summed E-state index contributed by atoms with van der Waals surface area (Å²) in [5, 5.41) is 0.175. The van der Waals surface area contributed by atoms with Crippen LogP contribution in [0.4, 0.5) is 10.1 Å². The number of hydrogen-bond acceptors (Lipinski definition) is 5. The first-order valence-corrected chi connectivity index (χ1v) is 10.1. The Morgan fingerprint density at radius 3 is 2.61 bits per heavy atom. The molecule has 0 fully saturated rings. The van der Waals surface area contributed by atoms with Crippen molar-refractivity contribution in [2.24, 2.45) is 0 Å². The summed E-state index contributed by atoms with van der Waals surface area (Å²) in [6.07, 6.45) is 2.91. The predicted octanol–water partition coefficient (Wildman–Crippen LogP) is 5.13. The Morgan fingerprint density at radius 2 is 1.89 bits per heavy atom. The van der Waals surface area contributed by atoms with Crippen molar-refractivity contribution in [3.05, 3.63) is 69.8 Å². The van der Waals surface area contributed by atoms with Crippen molar-refractivity contribution in [1.29, 1.82) is 0 Å². The Bertz CT molecular complexity index is 1160. The van der Waals surface area contributed by atoms with Crippen LogP contribution in [0.25, 0.3) is 0 Å². The maximum Gasteiger partial charge on any atom is 0.262 e. The van der Waals surface area contributed by atoms with E-state index in [9.17, 15) is 12.8 Å². The highest BCUT2D eigenvalue weighted by Crippen LogP contribution is 2.33. The third-order valence-electron chi connectivity index (χ3n) is 3.78. The molecular formula is C18H14Cl2FN3O3S. The monoisotopic (exact) mass is 441 g/mol. The third kappa shape index (κ3) is 4.35. The van der Waals surface area contributed by atoms with Crippen molar-refractivity contribution in [2.45, 2.75) is 18.7 Å². The van der Waals surface area contributed by atoms with Crippen LogP contribution in [0.5, 0.6) is 11.6 Å². The maximum absolute atomic E-state index is 13.7. The van der Waals surface area contributed by atoms with Gasteiger partial charge >= 0.3 is 0 Å². The largest absolute Gasteiger partial charge is 0.435 e. The Labute approximate surface area is 171 Å². The number of nitrogens with zero attached hydrogens (tertiary/aromatic N) is 2. The van der Waals surface area contributed by atoms with Crippen LogP contribution >= 0.6 is 23.2 Å². The first-order valence-electron chi connectivity index (χ1n) is 7.91. The van der Waals surface area contributed by atoms with Crippen LogP contribution in [0.15, 0.2) is 47.6 Å². The van der Waals surface area contributed by atoms with E-state index >= 15 is 0 Å². The van der Waals surface area contributed by atoms with Crippen LogP contribution in [0.2, 0.25) is 10.0 Å². The van der Waals surface area contributed by atoms with E-state index in [0.29, 0.717) is 11.4 Å². The second-order valence-corrected chi connectivity index (χ2v) is 8.31. The summed E-state index contributed by atoms with van der Waals surface area (Å²) in [6.45, 7) is 3.20. The molecule has 0 saturated carbocycles. The predicted molar refractivity (Wildman–Crippen MR) is 105 cm³/mol. The van der Waals surface area contributed by atoms with Gasteiger partial charge in [-0.3, -0.25) is 9.71 Å². The quantitative estimate of drug-likeness (QED) is 0.593. The van der Waals surface area contributed by atoms with Crippen LogP contribution in [0.3, 0.4) is 0 Å². The highest BCUT2D eigenvalue weighted by Gasteiger charge is 2.23. The molecular weight excluding hydrogens is 428 g/mol. The summed E-state index contributed by atoms with van der Waals surface area (Å²) >= 11 is 11.9. The number of pyridine rings is 2. The van der Waals surface area contributed by atoms with Gasteiger partial charge in [0.25, 0.3) is 10.0 Å². The molecule has 146 valence electrons. The minimum Gasteiger partial charge on any atom is -0.435 e. The second-order valence-electron chi connectivity index (χ2n) is 5.81. The number of ether oxygens (including phenoxy) is 1. The molecule has 10 heteroatoms. The minimum absolute atomic E-state index is 0.00736. The van der Waals surface area contributed by atoms with E-state index in [1.165, 1.54) is 19.2 Å². The van der Waals surface area contributed by atoms with Crippen molar-refractivity contribution in [1.82, 2.24) is 9.97 Å². The molecule has 0 aliphatic heterocycles. The molecule has 3 aromatic rings. The van der Waals surface area contributed by atoms with E-state index in [-0.39, 0.29) is 32.1 Å². The minimum atomic E-state index is -4.20. The summed E-state index contributed by atoms with van der Waals surface area (Å²) in [5.74, 6) is -0.422. The fourth-order valence-corrected chi connectivity index (χ4v) is 4.11. The Hall–Kier alpha value is -2.42. The van der Waals surface area contributed by atoms with Crippen LogP contribution < -0.4 is 9.46 Å². The van der Waals surface area contributed by atoms with E-state index in [1.807, 2.05) is 0 Å². The number of aromatic nitrogens is 2. The van der Waals surface area contributed by atoms with Crippen LogP contribution in [0.1, 0.15) is 11.3 Å². The first-order chi connectivity index (χ1) is 13.2. The molecule has 0 radical (unpaired) electrons. The average molecular weight is 442 g/mol. The lowest BCUT2D eigenvalue weighted by atomic mass is 10.2. The number of benzene rings is 1. The molecule has 3 rings (SSSR count). The van der Waals surface area contributed by atoms with Gasteiger partial charge in [0, 0.05) is 17.4 Å². The van der Waals surface area contributed by atoms with E-state index in [2.05, 4.69) is 14.7 Å². The van der Waals surface area contributed by atoms with Crippen molar-refractivity contribution in [3.63, 3.8) is 0 Å². The summed E-state index contributed by atoms with van der Waals surface area (Å²) in [7, 11) is -4.20. The highest BCUT2D eigenvalue weighted by molar-refractivity contribution is 7.92. The Kier molecular flexibility index (Phi) is 5.74. The average Bonchev–Trinajstić information content (AvgIpc) is 2.61. The van der Waals surface area contributed by atoms with Crippen molar-refractivity contribution in [2.75, 3.05) is 4.72 Å². The molecule has 0 aliphatic rings. The normalized spacial score (nSPS) is 11.3. The Balaban J connectivity index is 2.03. The molecule has 1 N–H and O–H groups in total. The van der Waals surface area contributed by atoms with Gasteiger partial charge in [0.05, 0.1) is 15.6 Å². The highest BCUT2D eigenvalue weighted by atomic mass is 35.5. The zero-order valence-corrected chi connectivity index (χ0v) is 17.0. The summed E-state index contributed by atoms with van der Waals surface area (Å²) in [6, 6.07) is 6.58. The van der Waals surface area contributed by atoms with Gasteiger partial charge in [-0.05, 0) is 49.7 Å². The number of hydrogen-bond donors (Lipinski definition) is 1. The number of sulfonamides is 1. The fourth-order valence-electron chi connectivity index (χ4n) is 2.36. The summed E-state index contributed by atoms with van der Waals surface area (Å²) in [4.78, 5) is 7.84. The first kappa shape index (κ1) is 20.3. The lowest BCUT2D eigenvalue weighted by Crippen LogP contribution is -2.16. The lowest BCUT2D eigenvalue weighted by molar-refractivity contribution is 0.459. The smallest absolute Gasteiger partial charge is 0.262 e. The van der Waals surface area contributed by atoms with Gasteiger partial charge in [0.1, 0.15) is 11.5 Å². The van der Waals surface area contributed by atoms with Crippen molar-refractivity contribution < 1.29 is 17.5 Å². The third-order valence-corrected chi connectivity index (χ3v) is 5.87. The zero-order valence-electron chi connectivity index (χ0n) is 14.7. The van der Waals surface area contributed by atoms with Gasteiger partial charge in [-0.15, -0.1) is 0 Å². The topological polar surface area (TPSA) is 81.2 Å². The molecule has 2 heterocycles. The van der Waals surface area contributed by atoms with Gasteiger partial charge in [0.2, 0.25) is 5.88 Å². The molecule has 0 bridgehead atoms. The standard InChI is InChI=1S/C18H14Cl2FN3O3S/c1-10-14(20)7-13(21)8-17(10)28(25,26)24-15-6-12(19)9-23-18(15)27-16-4-3-5-22-11(16)2/h3-9,24H,1-2H3. The molecule has 0 atom stereocenters. The molecule has 28 heavy (non-hydrogen) atoms. The summed E-state index contributed by atoms with van der Waals surface area (Å²) < 4.78 is 47.4. The van der Waals surface area contributed by atoms with E-state index < -0.39 is 15.8 Å². The van der Waals surface area contributed by atoms with E-state index in [0.717, 1.165) is 12.1 Å². The molecule has 2 aromatic heterocycles. The van der Waals surface area contributed by atoms with Gasteiger partial charge in [-0.25, -0.2) is 17.8 Å². The molecule has 0 unspecified atom stereocenters. The van der Waals surface area contributed by atoms with Crippen LogP contribution in [0, 0.1) is 19.7 Å². The molecule has 0 amide bonds. The molecule has 0 saturated heterocycles. The zero-order chi connectivity index (χ0) is 20.5. The van der Waals surface area contributed by atoms with E-state index in [4.69, 9.17) is 27.9 Å². The lowest BCUT2D eigenvalue weighted by Gasteiger charge is -2.15. The molecule has 6 nitrogen and oxygen atoms in total. The van der Waals surface area contributed by atoms with Gasteiger partial charge < -0.3 is 4.74 Å². The number of nitrogens with one attached hydrogen (secondary N) is 1. The fraction of sp³-hybridized carbons (Fsp3) is 0.111. The second kappa shape index (κ2) is 7.90. The van der Waals surface area contributed by atoms with Crippen LogP contribution in [-0.2, 0) is 10.0 Å². The molecule has 0 aliphatic carbocycles. The van der Waals surface area contributed by atoms with Crippen molar-refractivity contribution in [3.8, 4) is 11.6 Å². The van der Waals surface area contributed by atoms with Crippen LogP contribution in [-0.4, -0.2) is 18.4 Å². The van der Waals surface area contributed by atoms with E-state index in [1.54, 1.807) is 25.3 Å². The van der Waals surface area contributed by atoms with Crippen molar-refractivity contribution >= 4 is 38.9 Å². The molecule has 1 aromatic carbocycles. The van der Waals surface area contributed by atoms with Gasteiger partial charge in [-0.1, -0.05) is 23.2 Å². The Morgan fingerprint density at radius 1 is 1.14 bits per heavy atom. The SMILES string of the molecule is Cc1ncccc1Oc1ncc(Cl)cc1NS(=O)(=O)c1cc(F)cc(Cl)c1C. The maximum atomic E-state index is 13.7. The molecule has 0 spiro atoms. The number of aryl methyl sites for hydroxylation is 1.